The molecule has 1 saturated carbocycles. The van der Waals surface area contributed by atoms with E-state index in [0.717, 1.165) is 5.39 Å². The maximum absolute atomic E-state index is 10.7. The van der Waals surface area contributed by atoms with Crippen LogP contribution in [0.3, 0.4) is 0 Å². The molecule has 4 atom stereocenters. The van der Waals surface area contributed by atoms with Crippen molar-refractivity contribution in [2.75, 3.05) is 18.1 Å². The Balaban J connectivity index is 1.34. The van der Waals surface area contributed by atoms with Crippen molar-refractivity contribution >= 4 is 45.2 Å². The Hall–Kier alpha value is -3.14. The molecule has 1 aromatic carbocycles. The lowest BCUT2D eigenvalue weighted by Gasteiger charge is -2.19. The first-order valence-corrected chi connectivity index (χ1v) is 10.2. The average Bonchev–Trinajstić information content (AvgIpc) is 3.30. The minimum absolute atomic E-state index is 0.236. The lowest BCUT2D eigenvalue weighted by Crippen LogP contribution is -2.31. The molecule has 0 unspecified atom stereocenters. The highest BCUT2D eigenvalue weighted by Crippen LogP contribution is 2.38. The molecule has 0 radical (unpaired) electrons. The van der Waals surface area contributed by atoms with Crippen molar-refractivity contribution in [3.63, 3.8) is 0 Å². The monoisotopic (exact) mass is 440 g/mol. The van der Waals surface area contributed by atoms with Crippen molar-refractivity contribution < 1.29 is 14.9 Å². The Bertz CT molecular complexity index is 1280. The van der Waals surface area contributed by atoms with Crippen molar-refractivity contribution in [1.29, 1.82) is 0 Å². The van der Waals surface area contributed by atoms with Gasteiger partial charge < -0.3 is 31.0 Å². The van der Waals surface area contributed by atoms with Crippen LogP contribution in [-0.2, 0) is 0 Å². The third-order valence-electron chi connectivity index (χ3n) is 5.90. The van der Waals surface area contributed by atoms with Crippen molar-refractivity contribution in [3.8, 4) is 5.75 Å². The van der Waals surface area contributed by atoms with Crippen molar-refractivity contribution in [2.24, 2.45) is 5.92 Å². The molecule has 9 nitrogen and oxygen atoms in total. The predicted molar refractivity (Wildman–Crippen MR) is 118 cm³/mol. The largest absolute Gasteiger partial charge is 0.493 e. The Morgan fingerprint density at radius 3 is 2.77 bits per heavy atom. The van der Waals surface area contributed by atoms with Crippen molar-refractivity contribution in [1.82, 2.24) is 19.5 Å². The first kappa shape index (κ1) is 19.8. The van der Waals surface area contributed by atoms with Gasteiger partial charge in [-0.3, -0.25) is 0 Å². The second-order valence-corrected chi connectivity index (χ2v) is 8.19. The molecule has 10 heteroatoms. The van der Waals surface area contributed by atoms with E-state index >= 15 is 0 Å². The summed E-state index contributed by atoms with van der Waals surface area (Å²) < 4.78 is 7.76. The summed E-state index contributed by atoms with van der Waals surface area (Å²) in [6.07, 6.45) is 1.82. The molecule has 1 fully saturated rings. The molecular formula is C21H21ClN6O3. The van der Waals surface area contributed by atoms with E-state index in [9.17, 15) is 10.2 Å². The topological polar surface area (TPSA) is 145 Å². The molecule has 6 N–H and O–H groups in total. The SMILES string of the molecule is Nc1nc2cc(OC[C@H]3C[C@@H](n4ccc5c(N)ncnc54)[C@H](O)[C@@H]3O)ccc2cc1Cl. The molecule has 0 bridgehead atoms. The van der Waals surface area contributed by atoms with E-state index in [2.05, 4.69) is 15.0 Å². The van der Waals surface area contributed by atoms with Gasteiger partial charge in [0, 0.05) is 23.6 Å². The summed E-state index contributed by atoms with van der Waals surface area (Å²) in [5, 5.41) is 23.3. The van der Waals surface area contributed by atoms with Gasteiger partial charge in [-0.15, -0.1) is 0 Å². The molecule has 3 aromatic heterocycles. The smallest absolute Gasteiger partial charge is 0.145 e. The molecule has 0 spiro atoms. The number of halogens is 1. The maximum atomic E-state index is 10.7. The summed E-state index contributed by atoms with van der Waals surface area (Å²) in [7, 11) is 0. The maximum Gasteiger partial charge on any atom is 0.145 e. The fourth-order valence-electron chi connectivity index (χ4n) is 4.23. The Morgan fingerprint density at radius 1 is 1.10 bits per heavy atom. The third kappa shape index (κ3) is 3.40. The molecule has 0 saturated heterocycles. The van der Waals surface area contributed by atoms with Crippen molar-refractivity contribution in [3.05, 3.63) is 47.9 Å². The molecule has 4 aromatic rings. The number of pyridine rings is 1. The number of aromatic nitrogens is 4. The van der Waals surface area contributed by atoms with Crippen LogP contribution < -0.4 is 16.2 Å². The van der Waals surface area contributed by atoms with Crippen LogP contribution in [0.2, 0.25) is 5.02 Å². The number of fused-ring (bicyclic) bond motifs is 2. The number of anilines is 2. The fourth-order valence-corrected chi connectivity index (χ4v) is 4.39. The second-order valence-electron chi connectivity index (χ2n) is 7.78. The number of hydrogen-bond donors (Lipinski definition) is 4. The van der Waals surface area contributed by atoms with Crippen LogP contribution in [0, 0.1) is 5.92 Å². The number of aliphatic hydroxyl groups is 2. The summed E-state index contributed by atoms with van der Waals surface area (Å²) in [5.74, 6) is 0.963. The molecule has 0 aliphatic heterocycles. The zero-order chi connectivity index (χ0) is 21.7. The molecule has 5 rings (SSSR count). The normalized spacial score (nSPS) is 23.6. The number of benzene rings is 1. The zero-order valence-corrected chi connectivity index (χ0v) is 17.1. The molecule has 1 aliphatic carbocycles. The van der Waals surface area contributed by atoms with E-state index in [1.54, 1.807) is 12.1 Å². The molecule has 0 amide bonds. The van der Waals surface area contributed by atoms with Gasteiger partial charge in [0.2, 0.25) is 0 Å². The first-order valence-electron chi connectivity index (χ1n) is 9.84. The van der Waals surface area contributed by atoms with E-state index in [1.165, 1.54) is 6.33 Å². The molecule has 160 valence electrons. The van der Waals surface area contributed by atoms with Gasteiger partial charge in [-0.25, -0.2) is 15.0 Å². The Labute approximate surface area is 182 Å². The van der Waals surface area contributed by atoms with Crippen LogP contribution in [0.1, 0.15) is 12.5 Å². The Morgan fingerprint density at radius 2 is 1.94 bits per heavy atom. The van der Waals surface area contributed by atoms with Crippen LogP contribution >= 0.6 is 11.6 Å². The number of aliphatic hydroxyl groups excluding tert-OH is 2. The van der Waals surface area contributed by atoms with Crippen LogP contribution in [0.15, 0.2) is 42.9 Å². The Kier molecular flexibility index (Phi) is 4.81. The van der Waals surface area contributed by atoms with Crippen LogP contribution in [0.4, 0.5) is 11.6 Å². The number of nitrogens with two attached hydrogens (primary N) is 2. The number of rotatable bonds is 4. The molecule has 3 heterocycles. The van der Waals surface area contributed by atoms with Crippen LogP contribution in [0.5, 0.6) is 5.75 Å². The molecule has 1 aliphatic rings. The van der Waals surface area contributed by atoms with Gasteiger partial charge >= 0.3 is 0 Å². The van der Waals surface area contributed by atoms with Gasteiger partial charge in [-0.2, -0.15) is 0 Å². The van der Waals surface area contributed by atoms with Gasteiger partial charge in [-0.05, 0) is 30.7 Å². The summed E-state index contributed by atoms with van der Waals surface area (Å²) >= 11 is 6.02. The van der Waals surface area contributed by atoms with E-state index in [4.69, 9.17) is 27.8 Å². The predicted octanol–water partition coefficient (Wildman–Crippen LogP) is 2.16. The van der Waals surface area contributed by atoms with E-state index in [0.29, 0.717) is 39.6 Å². The number of nitrogens with zero attached hydrogens (tertiary/aromatic N) is 4. The quantitative estimate of drug-likeness (QED) is 0.377. The van der Waals surface area contributed by atoms with Gasteiger partial charge in [0.15, 0.2) is 0 Å². The summed E-state index contributed by atoms with van der Waals surface area (Å²) in [6.45, 7) is 0.236. The summed E-state index contributed by atoms with van der Waals surface area (Å²) in [5.41, 5.74) is 13.0. The van der Waals surface area contributed by atoms with Crippen molar-refractivity contribution in [2.45, 2.75) is 24.7 Å². The van der Waals surface area contributed by atoms with Gasteiger partial charge in [-0.1, -0.05) is 11.6 Å². The fraction of sp³-hybridized carbons (Fsp3) is 0.286. The molecular weight excluding hydrogens is 420 g/mol. The van der Waals surface area contributed by atoms with Gasteiger partial charge in [0.1, 0.15) is 35.5 Å². The third-order valence-corrected chi connectivity index (χ3v) is 6.21. The van der Waals surface area contributed by atoms with E-state index in [-0.39, 0.29) is 24.4 Å². The van der Waals surface area contributed by atoms with E-state index < -0.39 is 12.2 Å². The summed E-state index contributed by atoms with van der Waals surface area (Å²) in [6, 6.07) is 8.65. The number of ether oxygens (including phenoxy) is 1. The lowest BCUT2D eigenvalue weighted by molar-refractivity contribution is -0.00141. The minimum atomic E-state index is -0.958. The lowest BCUT2D eigenvalue weighted by atomic mass is 10.1. The highest BCUT2D eigenvalue weighted by Gasteiger charge is 2.43. The number of nitrogen functional groups attached to an aromatic ring is 2. The standard InChI is InChI=1S/C21H21ClN6O3/c22-14-5-10-1-2-12(7-15(10)27-20(14)24)31-8-11-6-16(18(30)17(11)29)28-4-3-13-19(23)25-9-26-21(13)28/h1-5,7,9,11,16-18,29-30H,6,8H2,(H2,24,27)(H2,23,25,26)/t11-,16-,17-,18+/m1/s1. The molecule has 31 heavy (non-hydrogen) atoms. The minimum Gasteiger partial charge on any atom is -0.493 e. The highest BCUT2D eigenvalue weighted by atomic mass is 35.5. The second kappa shape index (κ2) is 7.52. The van der Waals surface area contributed by atoms with Gasteiger partial charge in [0.25, 0.3) is 0 Å². The number of hydrogen-bond acceptors (Lipinski definition) is 8. The van der Waals surface area contributed by atoms with Gasteiger partial charge in [0.05, 0.1) is 34.7 Å². The van der Waals surface area contributed by atoms with Crippen LogP contribution in [0.25, 0.3) is 21.9 Å². The first-order chi connectivity index (χ1) is 14.9. The highest BCUT2D eigenvalue weighted by molar-refractivity contribution is 6.33. The van der Waals surface area contributed by atoms with E-state index in [1.807, 2.05) is 29.0 Å². The van der Waals surface area contributed by atoms with Crippen LogP contribution in [-0.4, -0.2) is 48.5 Å². The summed E-state index contributed by atoms with van der Waals surface area (Å²) in [4.78, 5) is 12.6. The average molecular weight is 441 g/mol. The zero-order valence-electron chi connectivity index (χ0n) is 16.4.